The predicted molar refractivity (Wildman–Crippen MR) is 121 cm³/mol. The lowest BCUT2D eigenvalue weighted by atomic mass is 9.78. The van der Waals surface area contributed by atoms with Gasteiger partial charge >= 0.3 is 0 Å². The summed E-state index contributed by atoms with van der Waals surface area (Å²) in [4.78, 5) is 0. The Morgan fingerprint density at radius 1 is 0.480 bits per heavy atom. The Kier molecular flexibility index (Phi) is 11.4. The summed E-state index contributed by atoms with van der Waals surface area (Å²) in [6.45, 7) is 27.2. The van der Waals surface area contributed by atoms with Gasteiger partial charge in [0.05, 0.1) is 0 Å². The molecule has 25 heavy (non-hydrogen) atoms. The summed E-state index contributed by atoms with van der Waals surface area (Å²) in [5.74, 6) is 0. The first kappa shape index (κ1) is 29.0. The van der Waals surface area contributed by atoms with Crippen LogP contribution in [0.4, 0.5) is 0 Å². The van der Waals surface area contributed by atoms with Gasteiger partial charge in [-0.15, -0.1) is 0 Å². The van der Waals surface area contributed by atoms with Gasteiger partial charge in [-0.2, -0.15) is 0 Å². The standard InChI is InChI=1S/C14H22.C9H20.2CH4/c1-13(2,3)11-7-9-12(10-8-11)14(4,5)6;1-8(2,3)7-9(4,5)6;;/h7-10H,1-6H3;7H2,1-6H3;2*1H4. The van der Waals surface area contributed by atoms with Crippen molar-refractivity contribution in [3.63, 3.8) is 0 Å². The van der Waals surface area contributed by atoms with Crippen LogP contribution in [-0.2, 0) is 10.8 Å². The third-order valence-electron chi connectivity index (χ3n) is 3.68. The summed E-state index contributed by atoms with van der Waals surface area (Å²) >= 11 is 0. The number of benzene rings is 1. The Labute approximate surface area is 161 Å². The zero-order valence-electron chi connectivity index (χ0n) is 18.0. The van der Waals surface area contributed by atoms with Gasteiger partial charge in [-0.05, 0) is 39.2 Å². The maximum absolute atomic E-state index is 2.29. The van der Waals surface area contributed by atoms with Crippen LogP contribution in [0, 0.1) is 10.8 Å². The summed E-state index contributed by atoms with van der Waals surface area (Å²) in [6, 6.07) is 9.00. The van der Waals surface area contributed by atoms with Gasteiger partial charge in [-0.25, -0.2) is 0 Å². The second-order valence-electron chi connectivity index (χ2n) is 11.4. The minimum Gasteiger partial charge on any atom is -0.0776 e. The second kappa shape index (κ2) is 9.79. The first-order valence-electron chi connectivity index (χ1n) is 9.03. The van der Waals surface area contributed by atoms with Crippen molar-refractivity contribution < 1.29 is 0 Å². The third kappa shape index (κ3) is 14.1. The quantitative estimate of drug-likeness (QED) is 0.437. The molecule has 0 aliphatic carbocycles. The van der Waals surface area contributed by atoms with Crippen molar-refractivity contribution in [2.75, 3.05) is 0 Å². The predicted octanol–water partition coefficient (Wildman–Crippen LogP) is 9.02. The molecule has 0 fully saturated rings. The van der Waals surface area contributed by atoms with Crippen molar-refractivity contribution in [3.05, 3.63) is 35.4 Å². The lowest BCUT2D eigenvalue weighted by Gasteiger charge is -2.28. The van der Waals surface area contributed by atoms with E-state index < -0.39 is 0 Å². The lowest BCUT2D eigenvalue weighted by Crippen LogP contribution is -2.16. The van der Waals surface area contributed by atoms with Crippen LogP contribution in [0.1, 0.15) is 115 Å². The van der Waals surface area contributed by atoms with Gasteiger partial charge in [-0.1, -0.05) is 122 Å². The minimum absolute atomic E-state index is 0. The van der Waals surface area contributed by atoms with Crippen LogP contribution < -0.4 is 0 Å². The minimum atomic E-state index is 0. The summed E-state index contributed by atoms with van der Waals surface area (Å²) in [5.41, 5.74) is 4.31. The summed E-state index contributed by atoms with van der Waals surface area (Å²) in [7, 11) is 0. The maximum atomic E-state index is 2.29. The van der Waals surface area contributed by atoms with Gasteiger partial charge in [0.15, 0.2) is 0 Å². The number of hydrogen-bond acceptors (Lipinski definition) is 0. The van der Waals surface area contributed by atoms with Crippen molar-refractivity contribution >= 4 is 0 Å². The van der Waals surface area contributed by atoms with Crippen LogP contribution in [0.15, 0.2) is 24.3 Å². The van der Waals surface area contributed by atoms with E-state index in [9.17, 15) is 0 Å². The third-order valence-corrected chi connectivity index (χ3v) is 3.68. The maximum Gasteiger partial charge on any atom is -0.0132 e. The molecular weight excluding hydrogens is 300 g/mol. The first-order chi connectivity index (χ1) is 9.92. The SMILES string of the molecule is C.C.CC(C)(C)CC(C)(C)C.CC(C)(C)c1ccc(C(C)(C)C)cc1. The molecule has 0 aromatic heterocycles. The van der Waals surface area contributed by atoms with Crippen molar-refractivity contribution in [2.24, 2.45) is 10.8 Å². The molecular formula is C25H50. The second-order valence-corrected chi connectivity index (χ2v) is 11.4. The molecule has 1 rings (SSSR count). The van der Waals surface area contributed by atoms with Gasteiger partial charge in [0.1, 0.15) is 0 Å². The Hall–Kier alpha value is -0.780. The van der Waals surface area contributed by atoms with Gasteiger partial charge in [-0.3, -0.25) is 0 Å². The zero-order valence-corrected chi connectivity index (χ0v) is 18.0. The zero-order chi connectivity index (χ0) is 18.7. The fourth-order valence-electron chi connectivity index (χ4n) is 3.06. The summed E-state index contributed by atoms with van der Waals surface area (Å²) < 4.78 is 0. The monoisotopic (exact) mass is 350 g/mol. The van der Waals surface area contributed by atoms with Crippen LogP contribution in [0.2, 0.25) is 0 Å². The van der Waals surface area contributed by atoms with Crippen molar-refractivity contribution in [1.82, 2.24) is 0 Å². The molecule has 1 aromatic rings. The highest BCUT2D eigenvalue weighted by atomic mass is 14.3. The molecule has 0 spiro atoms. The molecule has 0 heterocycles. The average Bonchev–Trinajstić information content (AvgIpc) is 2.22. The van der Waals surface area contributed by atoms with Crippen LogP contribution in [0.5, 0.6) is 0 Å². The van der Waals surface area contributed by atoms with E-state index in [1.165, 1.54) is 17.5 Å². The van der Waals surface area contributed by atoms with Crippen LogP contribution in [0.3, 0.4) is 0 Å². The molecule has 0 heteroatoms. The fraction of sp³-hybridized carbons (Fsp3) is 0.760. The molecule has 0 aliphatic rings. The Balaban J connectivity index is -0.000000390. The molecule has 0 radical (unpaired) electrons. The molecule has 0 amide bonds. The molecule has 0 nitrogen and oxygen atoms in total. The molecule has 0 saturated heterocycles. The summed E-state index contributed by atoms with van der Waals surface area (Å²) in [5, 5.41) is 0. The smallest absolute Gasteiger partial charge is 0.0132 e. The van der Waals surface area contributed by atoms with E-state index in [1.807, 2.05) is 0 Å². The Morgan fingerprint density at radius 2 is 0.680 bits per heavy atom. The van der Waals surface area contributed by atoms with Crippen LogP contribution >= 0.6 is 0 Å². The van der Waals surface area contributed by atoms with Gasteiger partial charge in [0.25, 0.3) is 0 Å². The van der Waals surface area contributed by atoms with E-state index in [0.717, 1.165) is 0 Å². The largest absolute Gasteiger partial charge is 0.0776 e. The van der Waals surface area contributed by atoms with Crippen molar-refractivity contribution in [2.45, 2.75) is 115 Å². The van der Waals surface area contributed by atoms with Crippen molar-refractivity contribution in [3.8, 4) is 0 Å². The topological polar surface area (TPSA) is 0 Å². The molecule has 150 valence electrons. The molecule has 0 unspecified atom stereocenters. The van der Waals surface area contributed by atoms with E-state index in [-0.39, 0.29) is 25.7 Å². The Morgan fingerprint density at radius 3 is 0.760 bits per heavy atom. The van der Waals surface area contributed by atoms with E-state index in [2.05, 4.69) is 107 Å². The summed E-state index contributed by atoms with van der Waals surface area (Å²) in [6.07, 6.45) is 1.29. The van der Waals surface area contributed by atoms with Gasteiger partial charge in [0, 0.05) is 0 Å². The molecule has 0 aliphatic heterocycles. The van der Waals surface area contributed by atoms with Crippen LogP contribution in [-0.4, -0.2) is 0 Å². The molecule has 0 atom stereocenters. The Bertz CT molecular complexity index is 402. The van der Waals surface area contributed by atoms with Crippen LogP contribution in [0.25, 0.3) is 0 Å². The molecule has 0 bridgehead atoms. The highest BCUT2D eigenvalue weighted by Gasteiger charge is 2.20. The average molecular weight is 351 g/mol. The van der Waals surface area contributed by atoms with E-state index >= 15 is 0 Å². The molecule has 1 aromatic carbocycles. The normalized spacial score (nSPS) is 12.3. The highest BCUT2D eigenvalue weighted by molar-refractivity contribution is 5.30. The first-order valence-corrected chi connectivity index (χ1v) is 9.03. The van der Waals surface area contributed by atoms with Gasteiger partial charge < -0.3 is 0 Å². The number of hydrogen-bond donors (Lipinski definition) is 0. The lowest BCUT2D eigenvalue weighted by molar-refractivity contribution is 0.233. The van der Waals surface area contributed by atoms with E-state index in [4.69, 9.17) is 0 Å². The fourth-order valence-corrected chi connectivity index (χ4v) is 3.06. The number of rotatable bonds is 0. The van der Waals surface area contributed by atoms with E-state index in [1.54, 1.807) is 0 Å². The molecule has 0 N–H and O–H groups in total. The highest BCUT2D eigenvalue weighted by Crippen LogP contribution is 2.32. The van der Waals surface area contributed by atoms with E-state index in [0.29, 0.717) is 10.8 Å². The van der Waals surface area contributed by atoms with Gasteiger partial charge in [0.2, 0.25) is 0 Å². The molecule has 0 saturated carbocycles. The van der Waals surface area contributed by atoms with Crippen molar-refractivity contribution in [1.29, 1.82) is 0 Å².